The van der Waals surface area contributed by atoms with E-state index in [0.717, 1.165) is 6.07 Å². The monoisotopic (exact) mass is 487 g/mol. The molecule has 0 radical (unpaired) electrons. The average molecular weight is 488 g/mol. The molecule has 1 aromatic heterocycles. The van der Waals surface area contributed by atoms with E-state index in [9.17, 15) is 24.5 Å². The second kappa shape index (κ2) is 14.4. The molecule has 1 heterocycles. The van der Waals surface area contributed by atoms with Gasteiger partial charge in [0.15, 0.2) is 0 Å². The van der Waals surface area contributed by atoms with Crippen LogP contribution in [0, 0.1) is 10.1 Å². The number of pyridine rings is 1. The van der Waals surface area contributed by atoms with Crippen molar-refractivity contribution in [2.24, 2.45) is 0 Å². The van der Waals surface area contributed by atoms with Crippen LogP contribution in [-0.4, -0.2) is 75.4 Å². The number of hydrogen-bond acceptors (Lipinski definition) is 7. The molecule has 0 aliphatic heterocycles. The number of benzene rings is 1. The number of nitrogens with one attached hydrogen (secondary N) is 3. The standard InChI is InChI=1S/C20H22ClN5O6.Na.H/c21-14-7-6-13(10-16(14)26(31)32)15(11-20(29)30)25-19(28)12-24-18(27)5-3-9-23-17-4-1-2-8-22-17;;/h1-2,4,6-8,10,15H,3,5,9,11-12H2,(H,22,23)(H,24,27)(H,25,28)(H,29,30);;. The molecular formula is C20H23ClN5NaO6. The summed E-state index contributed by atoms with van der Waals surface area (Å²) in [7, 11) is 0. The molecule has 33 heavy (non-hydrogen) atoms. The molecule has 11 nitrogen and oxygen atoms in total. The first-order valence-corrected chi connectivity index (χ1v) is 10.0. The van der Waals surface area contributed by atoms with Crippen LogP contribution < -0.4 is 16.0 Å². The summed E-state index contributed by atoms with van der Waals surface area (Å²) in [6.45, 7) is 0.158. The van der Waals surface area contributed by atoms with Gasteiger partial charge < -0.3 is 21.1 Å². The predicted molar refractivity (Wildman–Crippen MR) is 123 cm³/mol. The topological polar surface area (TPSA) is 164 Å². The van der Waals surface area contributed by atoms with Gasteiger partial charge in [-0.05, 0) is 30.2 Å². The Morgan fingerprint density at radius 1 is 1.18 bits per heavy atom. The number of amides is 2. The summed E-state index contributed by atoms with van der Waals surface area (Å²) in [4.78, 5) is 49.8. The van der Waals surface area contributed by atoms with Gasteiger partial charge in [0, 0.05) is 25.2 Å². The van der Waals surface area contributed by atoms with Crippen molar-refractivity contribution < 1.29 is 24.4 Å². The molecular weight excluding hydrogens is 465 g/mol. The van der Waals surface area contributed by atoms with Gasteiger partial charge >= 0.3 is 35.5 Å². The number of carboxylic acids is 1. The number of nitro benzene ring substituents is 1. The van der Waals surface area contributed by atoms with Crippen molar-refractivity contribution in [3.8, 4) is 0 Å². The molecule has 0 fully saturated rings. The van der Waals surface area contributed by atoms with Crippen molar-refractivity contribution in [2.75, 3.05) is 18.4 Å². The Bertz CT molecular complexity index is 979. The van der Waals surface area contributed by atoms with Gasteiger partial charge in [-0.25, -0.2) is 4.98 Å². The number of hydrogen-bond donors (Lipinski definition) is 4. The third kappa shape index (κ3) is 10.2. The van der Waals surface area contributed by atoms with E-state index in [0.29, 0.717) is 18.8 Å². The van der Waals surface area contributed by atoms with Gasteiger partial charge in [0.1, 0.15) is 10.8 Å². The third-order valence-corrected chi connectivity index (χ3v) is 4.60. The number of nitrogens with zero attached hydrogens (tertiary/aromatic N) is 2. The van der Waals surface area contributed by atoms with Crippen LogP contribution in [0.2, 0.25) is 5.02 Å². The van der Waals surface area contributed by atoms with Crippen molar-refractivity contribution in [3.63, 3.8) is 0 Å². The van der Waals surface area contributed by atoms with Crippen molar-refractivity contribution in [3.05, 3.63) is 63.3 Å². The van der Waals surface area contributed by atoms with Crippen molar-refractivity contribution in [1.82, 2.24) is 15.6 Å². The zero-order valence-electron chi connectivity index (χ0n) is 16.9. The van der Waals surface area contributed by atoms with E-state index in [-0.39, 0.29) is 59.0 Å². The van der Waals surface area contributed by atoms with E-state index in [2.05, 4.69) is 20.9 Å². The average Bonchev–Trinajstić information content (AvgIpc) is 2.75. The molecule has 13 heteroatoms. The maximum absolute atomic E-state index is 12.2. The van der Waals surface area contributed by atoms with Gasteiger partial charge in [-0.3, -0.25) is 24.5 Å². The van der Waals surface area contributed by atoms with Crippen LogP contribution in [0.3, 0.4) is 0 Å². The molecule has 4 N–H and O–H groups in total. The van der Waals surface area contributed by atoms with Crippen molar-refractivity contribution >= 4 is 70.4 Å². The molecule has 0 bridgehead atoms. The third-order valence-electron chi connectivity index (χ3n) is 4.28. The molecule has 0 aliphatic rings. The summed E-state index contributed by atoms with van der Waals surface area (Å²) in [6.07, 6.45) is 1.83. The molecule has 0 aliphatic carbocycles. The van der Waals surface area contributed by atoms with Crippen LogP contribution in [0.5, 0.6) is 0 Å². The van der Waals surface area contributed by atoms with Gasteiger partial charge in [-0.15, -0.1) is 0 Å². The zero-order valence-corrected chi connectivity index (χ0v) is 17.7. The summed E-state index contributed by atoms with van der Waals surface area (Å²) in [5.74, 6) is -1.50. The Morgan fingerprint density at radius 2 is 1.94 bits per heavy atom. The molecule has 1 aromatic carbocycles. The fourth-order valence-corrected chi connectivity index (χ4v) is 2.95. The number of carbonyl (C=O) groups excluding carboxylic acids is 2. The van der Waals surface area contributed by atoms with E-state index >= 15 is 0 Å². The minimum atomic E-state index is -1.21. The number of nitro groups is 1. The van der Waals surface area contributed by atoms with Crippen molar-refractivity contribution in [1.29, 1.82) is 0 Å². The van der Waals surface area contributed by atoms with E-state index in [4.69, 9.17) is 16.7 Å². The molecule has 2 amide bonds. The molecule has 0 spiro atoms. The summed E-state index contributed by atoms with van der Waals surface area (Å²) >= 11 is 5.78. The maximum atomic E-state index is 12.2. The number of carbonyl (C=O) groups is 3. The fourth-order valence-electron chi connectivity index (χ4n) is 2.76. The van der Waals surface area contributed by atoms with Crippen molar-refractivity contribution in [2.45, 2.75) is 25.3 Å². The molecule has 172 valence electrons. The van der Waals surface area contributed by atoms with Crippen LogP contribution in [0.15, 0.2) is 42.6 Å². The Hall–Kier alpha value is -2.73. The van der Waals surface area contributed by atoms with Gasteiger partial charge in [0.05, 0.1) is 23.9 Å². The fraction of sp³-hybridized carbons (Fsp3) is 0.300. The summed E-state index contributed by atoms with van der Waals surface area (Å²) in [5, 5.41) is 28.1. The number of aliphatic carboxylic acids is 1. The molecule has 1 unspecified atom stereocenters. The van der Waals surface area contributed by atoms with Gasteiger partial charge in [0.2, 0.25) is 11.8 Å². The second-order valence-electron chi connectivity index (χ2n) is 6.71. The van der Waals surface area contributed by atoms with Gasteiger partial charge in [-0.1, -0.05) is 23.7 Å². The van der Waals surface area contributed by atoms with Gasteiger partial charge in [0.25, 0.3) is 5.69 Å². The molecule has 2 aromatic rings. The summed E-state index contributed by atoms with van der Waals surface area (Å²) < 4.78 is 0. The molecule has 1 atom stereocenters. The number of halogens is 1. The first-order chi connectivity index (χ1) is 15.3. The normalized spacial score (nSPS) is 10.9. The van der Waals surface area contributed by atoms with E-state index in [1.165, 1.54) is 12.1 Å². The number of rotatable bonds is 12. The quantitative estimate of drug-likeness (QED) is 0.152. The van der Waals surface area contributed by atoms with E-state index < -0.39 is 34.9 Å². The van der Waals surface area contributed by atoms with Gasteiger partial charge in [-0.2, -0.15) is 0 Å². The Labute approximate surface area is 216 Å². The molecule has 2 rings (SSSR count). The molecule has 0 saturated heterocycles. The first kappa shape index (κ1) is 28.3. The second-order valence-corrected chi connectivity index (χ2v) is 7.12. The Kier molecular flexibility index (Phi) is 12.4. The van der Waals surface area contributed by atoms with Crippen LogP contribution >= 0.6 is 11.6 Å². The minimum absolute atomic E-state index is 0. The number of aromatic nitrogens is 1. The first-order valence-electron chi connectivity index (χ1n) is 9.63. The van der Waals surface area contributed by atoms with E-state index in [1.54, 1.807) is 18.3 Å². The number of anilines is 1. The van der Waals surface area contributed by atoms with Crippen LogP contribution in [0.4, 0.5) is 11.5 Å². The van der Waals surface area contributed by atoms with E-state index in [1.807, 2.05) is 6.07 Å². The van der Waals surface area contributed by atoms with Crippen LogP contribution in [0.25, 0.3) is 0 Å². The zero-order chi connectivity index (χ0) is 23.5. The summed E-state index contributed by atoms with van der Waals surface area (Å²) in [6, 6.07) is 8.17. The SMILES string of the molecule is O=C(O)CC(NC(=O)CNC(=O)CCCNc1ccccn1)c1ccc(Cl)c([N+](=O)[O-])c1.[NaH]. The molecule has 0 saturated carbocycles. The number of carboxylic acid groups (broad SMARTS) is 1. The Morgan fingerprint density at radius 3 is 2.58 bits per heavy atom. The predicted octanol–water partition coefficient (Wildman–Crippen LogP) is 1.64. The Balaban J connectivity index is 0.00000544. The van der Waals surface area contributed by atoms with Crippen LogP contribution in [-0.2, 0) is 14.4 Å². The van der Waals surface area contributed by atoms with Crippen LogP contribution in [0.1, 0.15) is 30.9 Å². The summed E-state index contributed by atoms with van der Waals surface area (Å²) in [5.41, 5.74) is -0.190.